The molecule has 204 valence electrons. The molecule has 2 aromatic carbocycles. The summed E-state index contributed by atoms with van der Waals surface area (Å²) in [6, 6.07) is 11.7. The highest BCUT2D eigenvalue weighted by Crippen LogP contribution is 2.51. The lowest BCUT2D eigenvalue weighted by Gasteiger charge is -2.44. The van der Waals surface area contributed by atoms with Crippen LogP contribution in [0.5, 0.6) is 0 Å². The predicted octanol–water partition coefficient (Wildman–Crippen LogP) is 5.05. The van der Waals surface area contributed by atoms with E-state index in [9.17, 15) is 14.7 Å². The number of halogens is 2. The zero-order valence-electron chi connectivity index (χ0n) is 21.7. The van der Waals surface area contributed by atoms with Crippen molar-refractivity contribution in [3.05, 3.63) is 75.8 Å². The van der Waals surface area contributed by atoms with Crippen molar-refractivity contribution in [3.63, 3.8) is 0 Å². The number of hydrogen-bond acceptors (Lipinski definition) is 5. The number of nitrogens with one attached hydrogen (secondary N) is 1. The lowest BCUT2D eigenvalue weighted by atomic mass is 9.63. The highest BCUT2D eigenvalue weighted by Gasteiger charge is 2.49. The van der Waals surface area contributed by atoms with Gasteiger partial charge in [0.2, 0.25) is 0 Å². The van der Waals surface area contributed by atoms with Gasteiger partial charge in [-0.3, -0.25) is 9.59 Å². The van der Waals surface area contributed by atoms with Crippen LogP contribution in [-0.4, -0.2) is 43.2 Å². The second-order valence-electron chi connectivity index (χ2n) is 11.2. The van der Waals surface area contributed by atoms with E-state index >= 15 is 0 Å². The Morgan fingerprint density at radius 3 is 2.69 bits per heavy atom. The highest BCUT2D eigenvalue weighted by molar-refractivity contribution is 6.32. The molecule has 0 spiro atoms. The average Bonchev–Trinajstić information content (AvgIpc) is 3.42. The number of carboxylic acid groups (broad SMARTS) is 1. The molecule has 1 aromatic heterocycles. The van der Waals surface area contributed by atoms with E-state index in [4.69, 9.17) is 23.2 Å². The number of aliphatic carboxylic acids is 1. The fourth-order valence-electron chi connectivity index (χ4n) is 6.35. The van der Waals surface area contributed by atoms with Crippen LogP contribution in [0.15, 0.2) is 42.7 Å². The van der Waals surface area contributed by atoms with Crippen LogP contribution in [0.3, 0.4) is 0 Å². The molecule has 0 saturated heterocycles. The number of fused-ring (bicyclic) bond motifs is 1. The van der Waals surface area contributed by atoms with Crippen molar-refractivity contribution in [3.8, 4) is 0 Å². The molecule has 1 aliphatic heterocycles. The molecule has 2 fully saturated rings. The maximum atomic E-state index is 13.6. The summed E-state index contributed by atoms with van der Waals surface area (Å²) < 4.78 is 1.94. The molecule has 0 bridgehead atoms. The third-order valence-corrected chi connectivity index (χ3v) is 9.36. The Kier molecular flexibility index (Phi) is 6.90. The Hall–Kier alpha value is -2.94. The quantitative estimate of drug-likeness (QED) is 0.351. The monoisotopic (exact) mass is 567 g/mol. The van der Waals surface area contributed by atoms with Gasteiger partial charge < -0.3 is 19.9 Å². The summed E-state index contributed by atoms with van der Waals surface area (Å²) in [5.41, 5.74) is 3.80. The largest absolute Gasteiger partial charge is 0.481 e. The number of carbonyl (C=O) groups is 2. The van der Waals surface area contributed by atoms with E-state index in [-0.39, 0.29) is 29.2 Å². The van der Waals surface area contributed by atoms with Gasteiger partial charge in [0.1, 0.15) is 12.2 Å². The normalized spacial score (nSPS) is 23.3. The van der Waals surface area contributed by atoms with Crippen molar-refractivity contribution >= 4 is 40.8 Å². The molecule has 8 nitrogen and oxygen atoms in total. The summed E-state index contributed by atoms with van der Waals surface area (Å²) >= 11 is 13.2. The number of rotatable bonds is 9. The third-order valence-electron chi connectivity index (χ3n) is 8.72. The van der Waals surface area contributed by atoms with Crippen LogP contribution < -0.4 is 10.2 Å². The zero-order valence-corrected chi connectivity index (χ0v) is 23.3. The van der Waals surface area contributed by atoms with Crippen LogP contribution in [0, 0.1) is 5.92 Å². The lowest BCUT2D eigenvalue weighted by Crippen LogP contribution is -2.45. The molecule has 6 rings (SSSR count). The van der Waals surface area contributed by atoms with E-state index < -0.39 is 5.97 Å². The molecule has 1 amide bonds. The number of aromatic nitrogens is 3. The predicted molar refractivity (Wildman–Crippen MR) is 149 cm³/mol. The van der Waals surface area contributed by atoms with Gasteiger partial charge in [-0.25, -0.2) is 0 Å². The second-order valence-corrected chi connectivity index (χ2v) is 12.2. The minimum atomic E-state index is -0.802. The maximum Gasteiger partial charge on any atom is 0.304 e. The summed E-state index contributed by atoms with van der Waals surface area (Å²) in [5.74, 6) is 0.355. The minimum Gasteiger partial charge on any atom is -0.481 e. The topological polar surface area (TPSA) is 100 Å². The first kappa shape index (κ1) is 26.3. The fourth-order valence-corrected chi connectivity index (χ4v) is 7.18. The zero-order chi connectivity index (χ0) is 27.3. The van der Waals surface area contributed by atoms with E-state index in [2.05, 4.69) is 27.6 Å². The molecule has 2 N–H and O–H groups in total. The molecule has 39 heavy (non-hydrogen) atoms. The van der Waals surface area contributed by atoms with Crippen molar-refractivity contribution < 1.29 is 14.7 Å². The van der Waals surface area contributed by atoms with E-state index in [0.29, 0.717) is 29.6 Å². The number of anilines is 1. The molecule has 0 unspecified atom stereocenters. The Labute approximate surface area is 237 Å². The molecule has 3 aliphatic rings. The van der Waals surface area contributed by atoms with Crippen molar-refractivity contribution in [2.45, 2.75) is 68.4 Å². The number of benzene rings is 2. The molecule has 1 atom stereocenters. The number of nitrogens with zero attached hydrogens (tertiary/aromatic N) is 4. The van der Waals surface area contributed by atoms with Crippen LogP contribution in [-0.2, 0) is 30.3 Å². The van der Waals surface area contributed by atoms with E-state index in [0.717, 1.165) is 60.3 Å². The van der Waals surface area contributed by atoms with Crippen LogP contribution in [0.1, 0.15) is 71.4 Å². The van der Waals surface area contributed by atoms with Gasteiger partial charge in [0, 0.05) is 46.8 Å². The van der Waals surface area contributed by atoms with Gasteiger partial charge in [0.05, 0.1) is 18.4 Å². The Morgan fingerprint density at radius 1 is 1.26 bits per heavy atom. The van der Waals surface area contributed by atoms with Crippen molar-refractivity contribution in [2.75, 3.05) is 4.90 Å². The maximum absolute atomic E-state index is 13.6. The van der Waals surface area contributed by atoms with E-state index in [1.807, 2.05) is 35.9 Å². The van der Waals surface area contributed by atoms with E-state index in [1.165, 1.54) is 0 Å². The molecular weight excluding hydrogens is 537 g/mol. The summed E-state index contributed by atoms with van der Waals surface area (Å²) in [5, 5.41) is 21.9. The first-order valence-corrected chi connectivity index (χ1v) is 14.2. The average molecular weight is 569 g/mol. The molecular formula is C29H31Cl2N5O3. The second kappa shape index (κ2) is 10.2. The van der Waals surface area contributed by atoms with E-state index in [1.54, 1.807) is 11.2 Å². The molecule has 2 aliphatic carbocycles. The van der Waals surface area contributed by atoms with Gasteiger partial charge in [0.25, 0.3) is 5.91 Å². The summed E-state index contributed by atoms with van der Waals surface area (Å²) in [6.07, 6.45) is 6.54. The van der Waals surface area contributed by atoms with Crippen LogP contribution in [0.2, 0.25) is 5.02 Å². The molecule has 3 aromatic rings. The Morgan fingerprint density at radius 2 is 2.05 bits per heavy atom. The van der Waals surface area contributed by atoms with Crippen LogP contribution in [0.4, 0.5) is 5.69 Å². The number of carboxylic acids is 1. The van der Waals surface area contributed by atoms with Crippen molar-refractivity contribution in [2.24, 2.45) is 13.0 Å². The van der Waals surface area contributed by atoms with Crippen molar-refractivity contribution in [1.29, 1.82) is 0 Å². The van der Waals surface area contributed by atoms with Crippen LogP contribution in [0.25, 0.3) is 0 Å². The summed E-state index contributed by atoms with van der Waals surface area (Å²) in [7, 11) is 1.94. The molecule has 0 radical (unpaired) electrons. The third kappa shape index (κ3) is 4.72. The smallest absolute Gasteiger partial charge is 0.304 e. The SMILES string of the molecule is Cn1cnnc1C1(c2cccc(N3Cc4c(Cl)cc(CN[C@@H](CC(=O)O)C5CCC5)cc4C3=O)c2)CC(Cl)C1. The molecule has 2 heterocycles. The number of amides is 1. The highest BCUT2D eigenvalue weighted by atomic mass is 35.5. The van der Waals surface area contributed by atoms with Gasteiger partial charge in [-0.05, 0) is 67.0 Å². The van der Waals surface area contributed by atoms with Gasteiger partial charge in [-0.2, -0.15) is 0 Å². The van der Waals surface area contributed by atoms with Crippen molar-refractivity contribution in [1.82, 2.24) is 20.1 Å². The van der Waals surface area contributed by atoms with Gasteiger partial charge >= 0.3 is 5.97 Å². The van der Waals surface area contributed by atoms with Gasteiger partial charge in [0.15, 0.2) is 0 Å². The molecule has 10 heteroatoms. The fraction of sp³-hybridized carbons (Fsp3) is 0.448. The lowest BCUT2D eigenvalue weighted by molar-refractivity contribution is -0.138. The standard InChI is InChI=1S/C29H31Cl2N5O3/c1-35-16-33-34-28(35)29(12-20(30)13-29)19-6-3-7-21(10-19)36-15-23-22(27(36)39)8-17(9-24(23)31)14-32-25(11-26(37)38)18-4-2-5-18/h3,6-10,16,18,20,25,32H,2,4-5,11-15H2,1H3,(H,37,38)/t20?,25-,29?/m0/s1. The number of alkyl halides is 1. The summed E-state index contributed by atoms with van der Waals surface area (Å²) in [6.45, 7) is 0.854. The number of carbonyl (C=O) groups excluding carboxylic acids is 1. The first-order chi connectivity index (χ1) is 18.7. The number of aryl methyl sites for hydroxylation is 1. The minimum absolute atomic E-state index is 0.0632. The Balaban J connectivity index is 1.24. The van der Waals surface area contributed by atoms with Gasteiger partial charge in [-0.15, -0.1) is 21.8 Å². The van der Waals surface area contributed by atoms with Gasteiger partial charge in [-0.1, -0.05) is 30.2 Å². The molecule has 2 saturated carbocycles. The number of hydrogen-bond donors (Lipinski definition) is 2. The van der Waals surface area contributed by atoms with Crippen LogP contribution >= 0.6 is 23.2 Å². The first-order valence-electron chi connectivity index (χ1n) is 13.4. The summed E-state index contributed by atoms with van der Waals surface area (Å²) in [4.78, 5) is 26.8. The Bertz CT molecular complexity index is 1430.